The second-order valence-corrected chi connectivity index (χ2v) is 7.45. The standard InChI is InChI=1S/C25H20N2O3S/c1-2-30-24(28)16-13-18-11-14-20(15-12-18)27-25(29)21-8-4-6-10-23(21)31-22-9-5-3-7-19(22)17-26/h3-16H,2H2,1H3,(H,27,29). The summed E-state index contributed by atoms with van der Waals surface area (Å²) in [6, 6.07) is 23.9. The molecule has 0 aliphatic rings. The summed E-state index contributed by atoms with van der Waals surface area (Å²) >= 11 is 1.38. The zero-order chi connectivity index (χ0) is 22.1. The molecule has 154 valence electrons. The minimum absolute atomic E-state index is 0.243. The maximum absolute atomic E-state index is 12.9. The fourth-order valence-electron chi connectivity index (χ4n) is 2.74. The van der Waals surface area contributed by atoms with Gasteiger partial charge in [-0.25, -0.2) is 4.79 Å². The topological polar surface area (TPSA) is 79.2 Å². The number of carbonyl (C=O) groups excluding carboxylic acids is 2. The summed E-state index contributed by atoms with van der Waals surface area (Å²) in [4.78, 5) is 25.8. The van der Waals surface area contributed by atoms with E-state index in [0.717, 1.165) is 15.4 Å². The van der Waals surface area contributed by atoms with Gasteiger partial charge < -0.3 is 10.1 Å². The van der Waals surface area contributed by atoms with E-state index < -0.39 is 5.97 Å². The van der Waals surface area contributed by atoms with Crippen molar-refractivity contribution in [2.24, 2.45) is 0 Å². The lowest BCUT2D eigenvalue weighted by Gasteiger charge is -2.11. The first kappa shape index (κ1) is 21.9. The third-order valence-corrected chi connectivity index (χ3v) is 5.38. The van der Waals surface area contributed by atoms with E-state index >= 15 is 0 Å². The summed E-state index contributed by atoms with van der Waals surface area (Å²) in [6.45, 7) is 2.08. The van der Waals surface area contributed by atoms with E-state index in [1.165, 1.54) is 17.8 Å². The Balaban J connectivity index is 1.73. The number of nitrogens with one attached hydrogen (secondary N) is 1. The summed E-state index contributed by atoms with van der Waals surface area (Å²) in [6.07, 6.45) is 3.02. The second-order valence-electron chi connectivity index (χ2n) is 6.37. The van der Waals surface area contributed by atoms with Gasteiger partial charge in [0, 0.05) is 21.6 Å². The van der Waals surface area contributed by atoms with Crippen molar-refractivity contribution in [1.29, 1.82) is 5.26 Å². The third-order valence-electron chi connectivity index (χ3n) is 4.23. The molecule has 0 heterocycles. The number of hydrogen-bond acceptors (Lipinski definition) is 5. The molecule has 31 heavy (non-hydrogen) atoms. The fourth-order valence-corrected chi connectivity index (χ4v) is 3.76. The van der Waals surface area contributed by atoms with Crippen molar-refractivity contribution in [2.75, 3.05) is 11.9 Å². The lowest BCUT2D eigenvalue weighted by Crippen LogP contribution is -2.12. The van der Waals surface area contributed by atoms with Crippen LogP contribution in [0, 0.1) is 11.3 Å². The zero-order valence-corrected chi connectivity index (χ0v) is 17.7. The fraction of sp³-hybridized carbons (Fsp3) is 0.0800. The molecule has 0 aliphatic carbocycles. The van der Waals surface area contributed by atoms with Crippen LogP contribution in [0.1, 0.15) is 28.4 Å². The van der Waals surface area contributed by atoms with Gasteiger partial charge in [0.1, 0.15) is 6.07 Å². The molecule has 0 atom stereocenters. The highest BCUT2D eigenvalue weighted by Crippen LogP contribution is 2.32. The number of benzene rings is 3. The molecule has 3 rings (SSSR count). The van der Waals surface area contributed by atoms with Gasteiger partial charge in [0.25, 0.3) is 5.91 Å². The molecule has 1 amide bonds. The first-order chi connectivity index (χ1) is 15.1. The van der Waals surface area contributed by atoms with Crippen LogP contribution in [-0.4, -0.2) is 18.5 Å². The number of nitriles is 1. The number of ether oxygens (including phenoxy) is 1. The van der Waals surface area contributed by atoms with Gasteiger partial charge in [-0.05, 0) is 55.0 Å². The maximum Gasteiger partial charge on any atom is 0.330 e. The molecule has 3 aromatic carbocycles. The summed E-state index contributed by atoms with van der Waals surface area (Å²) < 4.78 is 4.85. The molecule has 0 saturated heterocycles. The van der Waals surface area contributed by atoms with Crippen molar-refractivity contribution in [3.8, 4) is 6.07 Å². The Morgan fingerprint density at radius 2 is 1.68 bits per heavy atom. The Morgan fingerprint density at radius 1 is 1.00 bits per heavy atom. The monoisotopic (exact) mass is 428 g/mol. The van der Waals surface area contributed by atoms with Crippen LogP contribution >= 0.6 is 11.8 Å². The molecule has 6 heteroatoms. The molecule has 0 bridgehead atoms. The number of rotatable bonds is 7. The van der Waals surface area contributed by atoms with Crippen LogP contribution in [0.5, 0.6) is 0 Å². The average Bonchev–Trinajstić information content (AvgIpc) is 2.79. The van der Waals surface area contributed by atoms with E-state index in [1.54, 1.807) is 55.5 Å². The Bertz CT molecular complexity index is 1150. The molecule has 0 fully saturated rings. The summed E-state index contributed by atoms with van der Waals surface area (Å²) in [5, 5.41) is 12.2. The van der Waals surface area contributed by atoms with Crippen molar-refractivity contribution < 1.29 is 14.3 Å². The number of hydrogen-bond donors (Lipinski definition) is 1. The highest BCUT2D eigenvalue weighted by atomic mass is 32.2. The van der Waals surface area contributed by atoms with E-state index in [4.69, 9.17) is 4.74 Å². The Morgan fingerprint density at radius 3 is 2.39 bits per heavy atom. The molecule has 0 radical (unpaired) electrons. The Labute approximate surface area is 185 Å². The lowest BCUT2D eigenvalue weighted by atomic mass is 10.1. The third kappa shape index (κ3) is 6.08. The molecule has 0 unspecified atom stereocenters. The Kier molecular flexibility index (Phi) is 7.63. The smallest absolute Gasteiger partial charge is 0.330 e. The SMILES string of the molecule is CCOC(=O)C=Cc1ccc(NC(=O)c2ccccc2Sc2ccccc2C#N)cc1. The summed E-state index contributed by atoms with van der Waals surface area (Å²) in [7, 11) is 0. The van der Waals surface area contributed by atoms with Crippen molar-refractivity contribution in [1.82, 2.24) is 0 Å². The van der Waals surface area contributed by atoms with E-state index in [1.807, 2.05) is 30.3 Å². The first-order valence-electron chi connectivity index (χ1n) is 9.63. The van der Waals surface area contributed by atoms with E-state index in [9.17, 15) is 14.9 Å². The summed E-state index contributed by atoms with van der Waals surface area (Å²) in [5.74, 6) is -0.640. The maximum atomic E-state index is 12.9. The quantitative estimate of drug-likeness (QED) is 0.395. The largest absolute Gasteiger partial charge is 0.463 e. The minimum Gasteiger partial charge on any atom is -0.463 e. The molecule has 0 aromatic heterocycles. The van der Waals surface area contributed by atoms with Gasteiger partial charge in [0.15, 0.2) is 0 Å². The van der Waals surface area contributed by atoms with Gasteiger partial charge in [-0.2, -0.15) is 5.26 Å². The number of anilines is 1. The van der Waals surface area contributed by atoms with Crippen LogP contribution in [0.15, 0.2) is 88.7 Å². The number of amides is 1. The molecule has 3 aromatic rings. The normalized spacial score (nSPS) is 10.5. The number of esters is 1. The predicted molar refractivity (Wildman–Crippen MR) is 122 cm³/mol. The van der Waals surface area contributed by atoms with Gasteiger partial charge in [0.05, 0.1) is 17.7 Å². The van der Waals surface area contributed by atoms with Gasteiger partial charge in [0.2, 0.25) is 0 Å². The molecular formula is C25H20N2O3S. The van der Waals surface area contributed by atoms with Crippen molar-refractivity contribution in [3.05, 3.63) is 95.6 Å². The summed E-state index contributed by atoms with van der Waals surface area (Å²) in [5.41, 5.74) is 2.53. The van der Waals surface area contributed by atoms with Crippen LogP contribution in [0.4, 0.5) is 5.69 Å². The highest BCUT2D eigenvalue weighted by molar-refractivity contribution is 7.99. The van der Waals surface area contributed by atoms with Gasteiger partial charge >= 0.3 is 5.97 Å². The van der Waals surface area contributed by atoms with Gasteiger partial charge in [-0.3, -0.25) is 4.79 Å². The predicted octanol–water partition coefficient (Wildman–Crippen LogP) is 5.54. The first-order valence-corrected chi connectivity index (χ1v) is 10.4. The highest BCUT2D eigenvalue weighted by Gasteiger charge is 2.13. The molecular weight excluding hydrogens is 408 g/mol. The minimum atomic E-state index is -0.396. The molecule has 0 saturated carbocycles. The van der Waals surface area contributed by atoms with Crippen molar-refractivity contribution in [2.45, 2.75) is 16.7 Å². The van der Waals surface area contributed by atoms with Gasteiger partial charge in [-0.1, -0.05) is 48.2 Å². The Hall–Kier alpha value is -3.82. The van der Waals surface area contributed by atoms with Crippen molar-refractivity contribution in [3.63, 3.8) is 0 Å². The second kappa shape index (κ2) is 10.8. The molecule has 5 nitrogen and oxygen atoms in total. The average molecular weight is 429 g/mol. The zero-order valence-electron chi connectivity index (χ0n) is 16.9. The van der Waals surface area contributed by atoms with Gasteiger partial charge in [-0.15, -0.1) is 0 Å². The van der Waals surface area contributed by atoms with E-state index in [2.05, 4.69) is 11.4 Å². The number of nitrogens with zero attached hydrogens (tertiary/aromatic N) is 1. The number of carbonyl (C=O) groups is 2. The van der Waals surface area contributed by atoms with Crippen LogP contribution in [-0.2, 0) is 9.53 Å². The van der Waals surface area contributed by atoms with E-state index in [0.29, 0.717) is 23.4 Å². The van der Waals surface area contributed by atoms with Crippen molar-refractivity contribution >= 4 is 35.4 Å². The van der Waals surface area contributed by atoms with E-state index in [-0.39, 0.29) is 5.91 Å². The molecule has 0 aliphatic heterocycles. The van der Waals surface area contributed by atoms with Crippen LogP contribution in [0.25, 0.3) is 6.08 Å². The van der Waals surface area contributed by atoms with Crippen LogP contribution in [0.3, 0.4) is 0 Å². The van der Waals surface area contributed by atoms with Crippen LogP contribution < -0.4 is 5.32 Å². The van der Waals surface area contributed by atoms with Crippen LogP contribution in [0.2, 0.25) is 0 Å². The lowest BCUT2D eigenvalue weighted by molar-refractivity contribution is -0.137. The molecule has 1 N–H and O–H groups in total. The molecule has 0 spiro atoms.